The Hall–Kier alpha value is -1.71. The first-order valence-corrected chi connectivity index (χ1v) is 8.52. The number of carboxylic acid groups (broad SMARTS) is 1. The lowest BCUT2D eigenvalue weighted by molar-refractivity contribution is -0.137. The Morgan fingerprint density at radius 2 is 2.29 bits per heavy atom. The number of sulfonamides is 1. The number of hydrogen-bond acceptors (Lipinski definition) is 5. The summed E-state index contributed by atoms with van der Waals surface area (Å²) in [6.45, 7) is 2.00. The van der Waals surface area contributed by atoms with Gasteiger partial charge in [-0.3, -0.25) is 9.48 Å². The Labute approximate surface area is 126 Å². The minimum Gasteiger partial charge on any atom is -0.480 e. The number of thiophene rings is 1. The summed E-state index contributed by atoms with van der Waals surface area (Å²) in [6.07, 6.45) is 2.41. The summed E-state index contributed by atoms with van der Waals surface area (Å²) < 4.78 is 27.5. The summed E-state index contributed by atoms with van der Waals surface area (Å²) in [5.41, 5.74) is 0. The molecule has 2 heterocycles. The van der Waals surface area contributed by atoms with E-state index >= 15 is 0 Å². The standard InChI is InChI=1S/C12H15N3O4S2/c1-2-15(7-10-4-3-5-20-10)21(18,19)11-6-13-14(8-11)9-12(16)17/h3-6,8H,2,7,9H2,1H3,(H,16,17). The van der Waals surface area contributed by atoms with E-state index in [0.29, 0.717) is 13.1 Å². The van der Waals surface area contributed by atoms with Gasteiger partial charge < -0.3 is 5.11 Å². The van der Waals surface area contributed by atoms with Crippen molar-refractivity contribution in [2.75, 3.05) is 6.54 Å². The maximum Gasteiger partial charge on any atom is 0.325 e. The molecule has 114 valence electrons. The molecule has 0 aromatic carbocycles. The number of hydrogen-bond donors (Lipinski definition) is 1. The van der Waals surface area contributed by atoms with Crippen LogP contribution in [0.3, 0.4) is 0 Å². The molecule has 0 amide bonds. The summed E-state index contributed by atoms with van der Waals surface area (Å²) in [6, 6.07) is 3.74. The third-order valence-corrected chi connectivity index (χ3v) is 5.54. The largest absolute Gasteiger partial charge is 0.480 e. The van der Waals surface area contributed by atoms with Crippen LogP contribution >= 0.6 is 11.3 Å². The second kappa shape index (κ2) is 6.37. The lowest BCUT2D eigenvalue weighted by Crippen LogP contribution is -2.30. The third kappa shape index (κ3) is 3.69. The topological polar surface area (TPSA) is 92.5 Å². The molecule has 0 unspecified atom stereocenters. The highest BCUT2D eigenvalue weighted by molar-refractivity contribution is 7.89. The van der Waals surface area contributed by atoms with Gasteiger partial charge in [0.15, 0.2) is 0 Å². The predicted molar refractivity (Wildman–Crippen MR) is 77.5 cm³/mol. The Kier molecular flexibility index (Phi) is 4.76. The lowest BCUT2D eigenvalue weighted by atomic mass is 10.4. The highest BCUT2D eigenvalue weighted by atomic mass is 32.2. The molecule has 7 nitrogen and oxygen atoms in total. The smallest absolute Gasteiger partial charge is 0.325 e. The third-order valence-electron chi connectivity index (χ3n) is 2.81. The van der Waals surface area contributed by atoms with Crippen LogP contribution in [0.1, 0.15) is 11.8 Å². The number of carboxylic acids is 1. The number of rotatable bonds is 7. The first-order chi connectivity index (χ1) is 9.93. The molecule has 9 heteroatoms. The van der Waals surface area contributed by atoms with Crippen molar-refractivity contribution in [3.8, 4) is 0 Å². The van der Waals surface area contributed by atoms with E-state index in [9.17, 15) is 13.2 Å². The summed E-state index contributed by atoms with van der Waals surface area (Å²) >= 11 is 1.49. The molecule has 0 atom stereocenters. The van der Waals surface area contributed by atoms with Crippen LogP contribution in [0.4, 0.5) is 0 Å². The van der Waals surface area contributed by atoms with Gasteiger partial charge in [-0.15, -0.1) is 11.3 Å². The highest BCUT2D eigenvalue weighted by Crippen LogP contribution is 2.19. The molecule has 2 rings (SSSR count). The molecule has 2 aromatic rings. The van der Waals surface area contributed by atoms with Gasteiger partial charge >= 0.3 is 5.97 Å². The van der Waals surface area contributed by atoms with Crippen LogP contribution in [0.25, 0.3) is 0 Å². The zero-order chi connectivity index (χ0) is 15.5. The van der Waals surface area contributed by atoms with Crippen LogP contribution in [0.2, 0.25) is 0 Å². The van der Waals surface area contributed by atoms with Gasteiger partial charge in [0.1, 0.15) is 11.4 Å². The van der Waals surface area contributed by atoms with Gasteiger partial charge in [-0.1, -0.05) is 13.0 Å². The maximum atomic E-state index is 12.5. The van der Waals surface area contributed by atoms with Gasteiger partial charge in [-0.25, -0.2) is 8.42 Å². The fourth-order valence-electron chi connectivity index (χ4n) is 1.80. The average molecular weight is 329 g/mol. The van der Waals surface area contributed by atoms with Crippen molar-refractivity contribution in [2.24, 2.45) is 0 Å². The normalized spacial score (nSPS) is 11.9. The van der Waals surface area contributed by atoms with E-state index in [0.717, 1.165) is 9.56 Å². The van der Waals surface area contributed by atoms with E-state index < -0.39 is 16.0 Å². The van der Waals surface area contributed by atoms with Crippen molar-refractivity contribution >= 4 is 27.3 Å². The molecule has 0 spiro atoms. The van der Waals surface area contributed by atoms with Crippen molar-refractivity contribution in [3.63, 3.8) is 0 Å². The minimum atomic E-state index is -3.68. The van der Waals surface area contributed by atoms with Crippen LogP contribution in [0.15, 0.2) is 34.8 Å². The van der Waals surface area contributed by atoms with Crippen molar-refractivity contribution in [1.82, 2.24) is 14.1 Å². The molecule has 0 bridgehead atoms. The summed E-state index contributed by atoms with van der Waals surface area (Å²) in [5, 5.41) is 14.3. The van der Waals surface area contributed by atoms with Crippen molar-refractivity contribution < 1.29 is 18.3 Å². The molecule has 1 N–H and O–H groups in total. The quantitative estimate of drug-likeness (QED) is 0.825. The molecule has 0 saturated carbocycles. The van der Waals surface area contributed by atoms with Gasteiger partial charge in [0.05, 0.1) is 6.20 Å². The Bertz CT molecular complexity index is 707. The SMILES string of the molecule is CCN(Cc1cccs1)S(=O)(=O)c1cnn(CC(=O)O)c1. The molecule has 0 saturated heterocycles. The molecule has 21 heavy (non-hydrogen) atoms. The summed E-state index contributed by atoms with van der Waals surface area (Å²) in [5.74, 6) is -1.08. The van der Waals surface area contributed by atoms with E-state index in [1.54, 1.807) is 6.92 Å². The maximum absolute atomic E-state index is 12.5. The molecular weight excluding hydrogens is 314 g/mol. The molecule has 2 aromatic heterocycles. The van der Waals surface area contributed by atoms with Crippen LogP contribution in [-0.2, 0) is 27.9 Å². The Morgan fingerprint density at radius 1 is 1.52 bits per heavy atom. The van der Waals surface area contributed by atoms with E-state index in [1.165, 1.54) is 28.0 Å². The zero-order valence-electron chi connectivity index (χ0n) is 11.3. The van der Waals surface area contributed by atoms with Gasteiger partial charge in [-0.2, -0.15) is 9.40 Å². The molecule has 0 aliphatic rings. The van der Waals surface area contributed by atoms with Gasteiger partial charge in [0.25, 0.3) is 0 Å². The van der Waals surface area contributed by atoms with E-state index in [-0.39, 0.29) is 11.4 Å². The molecule has 0 aliphatic heterocycles. The summed E-state index contributed by atoms with van der Waals surface area (Å²) in [4.78, 5) is 11.6. The minimum absolute atomic E-state index is 0.00200. The average Bonchev–Trinajstić information content (AvgIpc) is 3.06. The van der Waals surface area contributed by atoms with Crippen LogP contribution in [-0.4, -0.2) is 40.1 Å². The van der Waals surface area contributed by atoms with Crippen molar-refractivity contribution in [3.05, 3.63) is 34.8 Å². The summed E-state index contributed by atoms with van der Waals surface area (Å²) in [7, 11) is -3.68. The highest BCUT2D eigenvalue weighted by Gasteiger charge is 2.25. The number of carbonyl (C=O) groups is 1. The Morgan fingerprint density at radius 3 is 2.86 bits per heavy atom. The fourth-order valence-corrected chi connectivity index (χ4v) is 3.98. The van der Waals surface area contributed by atoms with Crippen molar-refractivity contribution in [2.45, 2.75) is 24.9 Å². The zero-order valence-corrected chi connectivity index (χ0v) is 13.0. The van der Waals surface area contributed by atoms with Crippen molar-refractivity contribution in [1.29, 1.82) is 0 Å². The Balaban J connectivity index is 2.22. The van der Waals surface area contributed by atoms with Crippen LogP contribution < -0.4 is 0 Å². The first-order valence-electron chi connectivity index (χ1n) is 6.20. The van der Waals surface area contributed by atoms with Gasteiger partial charge in [0.2, 0.25) is 10.0 Å². The second-order valence-electron chi connectivity index (χ2n) is 4.28. The van der Waals surface area contributed by atoms with Gasteiger partial charge in [-0.05, 0) is 11.4 Å². The fraction of sp³-hybridized carbons (Fsp3) is 0.333. The van der Waals surface area contributed by atoms with E-state index in [4.69, 9.17) is 5.11 Å². The molecule has 0 fully saturated rings. The lowest BCUT2D eigenvalue weighted by Gasteiger charge is -2.18. The second-order valence-corrected chi connectivity index (χ2v) is 7.25. The number of aliphatic carboxylic acids is 1. The number of nitrogens with zero attached hydrogens (tertiary/aromatic N) is 3. The van der Waals surface area contributed by atoms with Crippen LogP contribution in [0, 0.1) is 0 Å². The number of aromatic nitrogens is 2. The molecule has 0 radical (unpaired) electrons. The van der Waals surface area contributed by atoms with E-state index in [2.05, 4.69) is 5.10 Å². The molecule has 0 aliphatic carbocycles. The first kappa shape index (κ1) is 15.7. The van der Waals surface area contributed by atoms with Crippen LogP contribution in [0.5, 0.6) is 0 Å². The monoisotopic (exact) mass is 329 g/mol. The predicted octanol–water partition coefficient (Wildman–Crippen LogP) is 1.24. The molecular formula is C12H15N3O4S2. The van der Waals surface area contributed by atoms with Gasteiger partial charge in [0, 0.05) is 24.2 Å². The van der Waals surface area contributed by atoms with E-state index in [1.807, 2.05) is 17.5 Å².